The number of pyridine rings is 1. The van der Waals surface area contributed by atoms with Gasteiger partial charge in [-0.3, -0.25) is 10.1 Å². The van der Waals surface area contributed by atoms with Crippen LogP contribution in [0.1, 0.15) is 22.7 Å². The average molecular weight is 359 g/mol. The summed E-state index contributed by atoms with van der Waals surface area (Å²) in [4.78, 5) is 10.9. The third-order valence-corrected chi connectivity index (χ3v) is 4.38. The van der Waals surface area contributed by atoms with Gasteiger partial charge in [0.05, 0.1) is 5.92 Å². The van der Waals surface area contributed by atoms with E-state index in [-0.39, 0.29) is 17.4 Å². The summed E-state index contributed by atoms with van der Waals surface area (Å²) in [6.45, 7) is 1.89. The van der Waals surface area contributed by atoms with E-state index >= 15 is 0 Å². The molecule has 1 atom stereocenters. The van der Waals surface area contributed by atoms with E-state index < -0.39 is 0 Å². The first-order valence-corrected chi connectivity index (χ1v) is 7.79. The minimum absolute atomic E-state index is 0.122. The van der Waals surface area contributed by atoms with Crippen molar-refractivity contribution in [1.29, 1.82) is 0 Å². The third-order valence-electron chi connectivity index (χ3n) is 3.85. The van der Waals surface area contributed by atoms with Crippen LogP contribution in [0.3, 0.4) is 0 Å². The highest BCUT2D eigenvalue weighted by atomic mass is 79.9. The van der Waals surface area contributed by atoms with Gasteiger partial charge in [-0.25, -0.2) is 0 Å². The van der Waals surface area contributed by atoms with E-state index in [0.717, 1.165) is 26.8 Å². The molecule has 112 valence electrons. The number of nitro groups is 1. The molecule has 2 heterocycles. The van der Waals surface area contributed by atoms with E-state index in [1.165, 1.54) is 0 Å². The lowest BCUT2D eigenvalue weighted by Crippen LogP contribution is -2.16. The van der Waals surface area contributed by atoms with Crippen molar-refractivity contribution in [2.75, 3.05) is 6.54 Å². The molecule has 0 amide bonds. The van der Waals surface area contributed by atoms with Gasteiger partial charge in [-0.1, -0.05) is 34.1 Å². The smallest absolute Gasteiger partial charge is 0.216 e. The number of benzene rings is 1. The summed E-state index contributed by atoms with van der Waals surface area (Å²) in [5.74, 6) is -0.270. The molecular weight excluding hydrogens is 344 g/mol. The van der Waals surface area contributed by atoms with Crippen molar-refractivity contribution in [3.63, 3.8) is 0 Å². The van der Waals surface area contributed by atoms with Crippen LogP contribution in [0.15, 0.2) is 59.2 Å². The Hall–Kier alpha value is -2.14. The minimum Gasteiger partial charge on any atom is -0.320 e. The van der Waals surface area contributed by atoms with Crippen LogP contribution in [0.25, 0.3) is 5.52 Å². The highest BCUT2D eigenvalue weighted by Gasteiger charge is 2.25. The number of rotatable bonds is 4. The van der Waals surface area contributed by atoms with Crippen LogP contribution in [0.2, 0.25) is 0 Å². The van der Waals surface area contributed by atoms with Gasteiger partial charge in [0.15, 0.2) is 0 Å². The molecule has 5 heteroatoms. The van der Waals surface area contributed by atoms with Crippen LogP contribution in [-0.2, 0) is 0 Å². The fourth-order valence-electron chi connectivity index (χ4n) is 2.92. The second-order valence-corrected chi connectivity index (χ2v) is 6.24. The monoisotopic (exact) mass is 358 g/mol. The number of nitrogens with zero attached hydrogens (tertiary/aromatic N) is 2. The van der Waals surface area contributed by atoms with Gasteiger partial charge < -0.3 is 4.40 Å². The second kappa shape index (κ2) is 5.93. The quantitative estimate of drug-likeness (QED) is 0.511. The lowest BCUT2D eigenvalue weighted by molar-refractivity contribution is -0.482. The summed E-state index contributed by atoms with van der Waals surface area (Å²) >= 11 is 3.41. The minimum atomic E-state index is -0.270. The van der Waals surface area contributed by atoms with E-state index in [4.69, 9.17) is 0 Å². The molecule has 2 aromatic heterocycles. The number of hydrogen-bond acceptors (Lipinski definition) is 2. The second-order valence-electron chi connectivity index (χ2n) is 5.33. The Morgan fingerprint density at radius 2 is 1.95 bits per heavy atom. The maximum atomic E-state index is 11.2. The number of fused-ring (bicyclic) bond motifs is 1. The van der Waals surface area contributed by atoms with Crippen molar-refractivity contribution in [2.24, 2.45) is 0 Å². The van der Waals surface area contributed by atoms with Gasteiger partial charge in [0, 0.05) is 26.8 Å². The van der Waals surface area contributed by atoms with Gasteiger partial charge in [0.1, 0.15) is 0 Å². The number of hydrogen-bond donors (Lipinski definition) is 0. The fraction of sp³-hybridized carbons (Fsp3) is 0.176. The Bertz CT molecular complexity index is 824. The fourth-order valence-corrected chi connectivity index (χ4v) is 3.18. The predicted molar refractivity (Wildman–Crippen MR) is 90.0 cm³/mol. The predicted octanol–water partition coefficient (Wildman–Crippen LogP) is 4.42. The van der Waals surface area contributed by atoms with E-state index in [0.29, 0.717) is 0 Å². The molecule has 3 rings (SSSR count). The molecule has 0 radical (unpaired) electrons. The molecule has 4 nitrogen and oxygen atoms in total. The largest absolute Gasteiger partial charge is 0.320 e. The molecule has 1 aromatic carbocycles. The number of aromatic nitrogens is 1. The Morgan fingerprint density at radius 3 is 2.64 bits per heavy atom. The average Bonchev–Trinajstić information content (AvgIpc) is 2.81. The van der Waals surface area contributed by atoms with Crippen molar-refractivity contribution < 1.29 is 4.92 Å². The van der Waals surface area contributed by atoms with Crippen LogP contribution in [0.4, 0.5) is 0 Å². The van der Waals surface area contributed by atoms with E-state index in [2.05, 4.69) is 22.0 Å². The van der Waals surface area contributed by atoms with Crippen LogP contribution in [0.5, 0.6) is 0 Å². The molecule has 0 aliphatic carbocycles. The van der Waals surface area contributed by atoms with Crippen molar-refractivity contribution in [2.45, 2.75) is 12.8 Å². The van der Waals surface area contributed by atoms with Crippen LogP contribution >= 0.6 is 15.9 Å². The topological polar surface area (TPSA) is 47.5 Å². The first-order valence-electron chi connectivity index (χ1n) is 7.00. The van der Waals surface area contributed by atoms with Gasteiger partial charge in [-0.05, 0) is 48.4 Å². The first-order chi connectivity index (χ1) is 10.6. The summed E-state index contributed by atoms with van der Waals surface area (Å²) < 4.78 is 3.01. The zero-order valence-electron chi connectivity index (χ0n) is 12.1. The SMILES string of the molecule is Cc1cc2ccccn2c1[C@H](C[N+](=O)[O-])c1ccc(Br)cc1. The van der Waals surface area contributed by atoms with Crippen molar-refractivity contribution in [1.82, 2.24) is 4.40 Å². The standard InChI is InChI=1S/C17H15BrN2O2/c1-12-10-15-4-2-3-9-19(15)17(12)16(11-20(21)22)13-5-7-14(18)8-6-13/h2-10,16H,11H2,1H3/t16-/m1/s1. The van der Waals surface area contributed by atoms with Gasteiger partial charge in [0.25, 0.3) is 0 Å². The highest BCUT2D eigenvalue weighted by Crippen LogP contribution is 2.30. The van der Waals surface area contributed by atoms with Gasteiger partial charge in [0.2, 0.25) is 6.54 Å². The molecule has 0 spiro atoms. The zero-order chi connectivity index (χ0) is 15.7. The Kier molecular flexibility index (Phi) is 3.98. The molecule has 0 saturated heterocycles. The molecule has 0 aliphatic rings. The molecule has 3 aromatic rings. The maximum absolute atomic E-state index is 11.2. The molecule has 22 heavy (non-hydrogen) atoms. The third kappa shape index (κ3) is 2.76. The zero-order valence-corrected chi connectivity index (χ0v) is 13.7. The highest BCUT2D eigenvalue weighted by molar-refractivity contribution is 9.10. The Balaban J connectivity index is 2.17. The normalized spacial score (nSPS) is 12.5. The molecule has 0 saturated carbocycles. The molecular formula is C17H15BrN2O2. The van der Waals surface area contributed by atoms with E-state index in [1.54, 1.807) is 0 Å². The van der Waals surface area contributed by atoms with Crippen LogP contribution in [-0.4, -0.2) is 15.9 Å². The van der Waals surface area contributed by atoms with Crippen LogP contribution < -0.4 is 0 Å². The molecule has 0 bridgehead atoms. The molecule has 0 fully saturated rings. The maximum Gasteiger partial charge on any atom is 0.216 e. The summed E-state index contributed by atoms with van der Waals surface area (Å²) in [6.07, 6.45) is 1.96. The lowest BCUT2D eigenvalue weighted by atomic mass is 9.93. The number of aryl methyl sites for hydroxylation is 1. The van der Waals surface area contributed by atoms with Crippen molar-refractivity contribution in [3.05, 3.63) is 86.1 Å². The molecule has 0 aliphatic heterocycles. The number of halogens is 1. The van der Waals surface area contributed by atoms with Crippen LogP contribution in [0, 0.1) is 17.0 Å². The van der Waals surface area contributed by atoms with Crippen molar-refractivity contribution in [3.8, 4) is 0 Å². The Morgan fingerprint density at radius 1 is 1.23 bits per heavy atom. The van der Waals surface area contributed by atoms with Crippen molar-refractivity contribution >= 4 is 21.4 Å². The summed E-state index contributed by atoms with van der Waals surface area (Å²) in [6, 6.07) is 15.7. The van der Waals surface area contributed by atoms with E-state index in [1.807, 2.05) is 60.0 Å². The summed E-state index contributed by atoms with van der Waals surface area (Å²) in [7, 11) is 0. The van der Waals surface area contributed by atoms with Gasteiger partial charge in [-0.15, -0.1) is 0 Å². The lowest BCUT2D eigenvalue weighted by Gasteiger charge is -2.15. The van der Waals surface area contributed by atoms with Gasteiger partial charge in [-0.2, -0.15) is 0 Å². The molecule has 0 unspecified atom stereocenters. The first kappa shape index (κ1) is 14.8. The summed E-state index contributed by atoms with van der Waals surface area (Å²) in [5, 5.41) is 11.2. The van der Waals surface area contributed by atoms with E-state index in [9.17, 15) is 10.1 Å². The Labute approximate surface area is 136 Å². The molecule has 0 N–H and O–H groups in total. The van der Waals surface area contributed by atoms with Gasteiger partial charge >= 0.3 is 0 Å². The summed E-state index contributed by atoms with van der Waals surface area (Å²) in [5.41, 5.74) is 4.06.